The van der Waals surface area contributed by atoms with E-state index in [2.05, 4.69) is 116 Å². The summed E-state index contributed by atoms with van der Waals surface area (Å²) < 4.78 is 8.01. The molecule has 0 fully saturated rings. The first-order valence-corrected chi connectivity index (χ1v) is 11.6. The van der Waals surface area contributed by atoms with E-state index in [1.165, 1.54) is 15.9 Å². The first-order valence-electron chi connectivity index (χ1n) is 8.93. The third-order valence-electron chi connectivity index (χ3n) is 4.76. The number of hydrogen-bond donors (Lipinski definition) is 0. The summed E-state index contributed by atoms with van der Waals surface area (Å²) in [6.07, 6.45) is 0. The Morgan fingerprint density at radius 2 is 1.31 bits per heavy atom. The van der Waals surface area contributed by atoms with Gasteiger partial charge in [0.05, 0.1) is 6.61 Å². The van der Waals surface area contributed by atoms with Gasteiger partial charge in [0.2, 0.25) is 0 Å². The molecular weight excluding hydrogens is 400 g/mol. The summed E-state index contributed by atoms with van der Waals surface area (Å²) in [7, 11) is -2.46. The molecule has 0 spiro atoms. The minimum atomic E-state index is -2.46. The van der Waals surface area contributed by atoms with Crippen LogP contribution in [0.5, 0.6) is 0 Å². The summed E-state index contributed by atoms with van der Waals surface area (Å²) in [5.41, 5.74) is 1.19. The van der Waals surface area contributed by atoms with Crippen molar-refractivity contribution in [3.05, 3.63) is 95.0 Å². The molecule has 0 aliphatic carbocycles. The topological polar surface area (TPSA) is 9.23 Å². The molecular formula is C23H25BrOSi. The van der Waals surface area contributed by atoms with Crippen LogP contribution in [0.4, 0.5) is 0 Å². The second-order valence-electron chi connectivity index (χ2n) is 7.58. The minimum absolute atomic E-state index is 0.00171. The number of benzene rings is 3. The van der Waals surface area contributed by atoms with Crippen molar-refractivity contribution in [3.8, 4) is 0 Å². The Morgan fingerprint density at radius 1 is 0.769 bits per heavy atom. The molecule has 0 aliphatic rings. The van der Waals surface area contributed by atoms with Crippen molar-refractivity contribution in [2.24, 2.45) is 0 Å². The van der Waals surface area contributed by atoms with E-state index in [-0.39, 0.29) is 5.04 Å². The van der Waals surface area contributed by atoms with Crippen LogP contribution in [0.1, 0.15) is 26.3 Å². The predicted octanol–water partition coefficient (Wildman–Crippen LogP) is 5.53. The third kappa shape index (κ3) is 3.85. The van der Waals surface area contributed by atoms with Gasteiger partial charge in [-0.15, -0.1) is 0 Å². The maximum Gasteiger partial charge on any atom is 0.261 e. The Hall–Kier alpha value is -1.68. The van der Waals surface area contributed by atoms with Crippen molar-refractivity contribution >= 4 is 34.6 Å². The van der Waals surface area contributed by atoms with Crippen molar-refractivity contribution in [2.45, 2.75) is 32.4 Å². The Kier molecular flexibility index (Phi) is 5.81. The van der Waals surface area contributed by atoms with E-state index in [4.69, 9.17) is 4.43 Å². The molecule has 0 heterocycles. The van der Waals surface area contributed by atoms with E-state index in [1.807, 2.05) is 6.07 Å². The molecule has 0 N–H and O–H groups in total. The average molecular weight is 425 g/mol. The summed E-state index contributed by atoms with van der Waals surface area (Å²) in [5.74, 6) is 0. The van der Waals surface area contributed by atoms with Crippen LogP contribution in [0.3, 0.4) is 0 Å². The SMILES string of the molecule is CC(C)(C)[Si](OCc1cccc(Br)c1)(c1ccccc1)c1ccccc1. The van der Waals surface area contributed by atoms with Crippen LogP contribution in [-0.4, -0.2) is 8.32 Å². The highest BCUT2D eigenvalue weighted by molar-refractivity contribution is 9.10. The van der Waals surface area contributed by atoms with E-state index in [0.717, 1.165) is 4.47 Å². The number of rotatable bonds is 5. The molecule has 3 heteroatoms. The fourth-order valence-corrected chi connectivity index (χ4v) is 8.57. The lowest BCUT2D eigenvalue weighted by Gasteiger charge is -2.43. The molecule has 134 valence electrons. The van der Waals surface area contributed by atoms with Crippen LogP contribution in [-0.2, 0) is 11.0 Å². The van der Waals surface area contributed by atoms with E-state index in [9.17, 15) is 0 Å². The molecule has 0 saturated heterocycles. The van der Waals surface area contributed by atoms with Crippen molar-refractivity contribution in [1.29, 1.82) is 0 Å². The van der Waals surface area contributed by atoms with Gasteiger partial charge in [-0.05, 0) is 33.1 Å². The fourth-order valence-electron chi connectivity index (χ4n) is 3.58. The fraction of sp³-hybridized carbons (Fsp3) is 0.217. The van der Waals surface area contributed by atoms with Crippen LogP contribution in [0.2, 0.25) is 5.04 Å². The van der Waals surface area contributed by atoms with E-state index >= 15 is 0 Å². The molecule has 0 bridgehead atoms. The quantitative estimate of drug-likeness (QED) is 0.489. The molecule has 0 unspecified atom stereocenters. The Balaban J connectivity index is 2.11. The van der Waals surface area contributed by atoms with Gasteiger partial charge in [0.1, 0.15) is 0 Å². The highest BCUT2D eigenvalue weighted by Crippen LogP contribution is 2.37. The maximum atomic E-state index is 6.93. The van der Waals surface area contributed by atoms with E-state index in [1.54, 1.807) is 0 Å². The van der Waals surface area contributed by atoms with Crippen LogP contribution >= 0.6 is 15.9 Å². The lowest BCUT2D eigenvalue weighted by molar-refractivity contribution is 0.286. The summed E-state index contributed by atoms with van der Waals surface area (Å²) in [5, 5.41) is 2.63. The first kappa shape index (κ1) is 19.1. The van der Waals surface area contributed by atoms with Crippen molar-refractivity contribution in [1.82, 2.24) is 0 Å². The second kappa shape index (κ2) is 7.91. The molecule has 0 radical (unpaired) electrons. The zero-order valence-electron chi connectivity index (χ0n) is 15.6. The zero-order chi connectivity index (χ0) is 18.6. The molecule has 0 aliphatic heterocycles. The van der Waals surface area contributed by atoms with Crippen LogP contribution in [0.25, 0.3) is 0 Å². The summed E-state index contributed by atoms with van der Waals surface area (Å²) in [4.78, 5) is 0. The van der Waals surface area contributed by atoms with Crippen molar-refractivity contribution in [3.63, 3.8) is 0 Å². The molecule has 0 atom stereocenters. The van der Waals surface area contributed by atoms with Gasteiger partial charge < -0.3 is 4.43 Å². The monoisotopic (exact) mass is 424 g/mol. The van der Waals surface area contributed by atoms with Crippen molar-refractivity contribution in [2.75, 3.05) is 0 Å². The van der Waals surface area contributed by atoms with Crippen LogP contribution < -0.4 is 10.4 Å². The molecule has 26 heavy (non-hydrogen) atoms. The largest absolute Gasteiger partial charge is 0.403 e. The molecule has 0 saturated carbocycles. The number of halogens is 1. The molecule has 3 rings (SSSR count). The molecule has 1 nitrogen and oxygen atoms in total. The van der Waals surface area contributed by atoms with Gasteiger partial charge in [-0.3, -0.25) is 0 Å². The van der Waals surface area contributed by atoms with Gasteiger partial charge in [0.15, 0.2) is 0 Å². The first-order chi connectivity index (χ1) is 12.4. The highest BCUT2D eigenvalue weighted by atomic mass is 79.9. The number of hydrogen-bond acceptors (Lipinski definition) is 1. The van der Waals surface area contributed by atoms with Crippen LogP contribution in [0.15, 0.2) is 89.4 Å². The minimum Gasteiger partial charge on any atom is -0.403 e. The lowest BCUT2D eigenvalue weighted by atomic mass is 10.2. The third-order valence-corrected chi connectivity index (χ3v) is 10.2. The van der Waals surface area contributed by atoms with Gasteiger partial charge in [-0.2, -0.15) is 0 Å². The van der Waals surface area contributed by atoms with E-state index < -0.39 is 8.32 Å². The standard InChI is InChI=1S/C23H25BrOSi/c1-23(2,3)26(21-13-6-4-7-14-21,22-15-8-5-9-16-22)25-18-19-11-10-12-20(24)17-19/h4-17H,18H2,1-3H3. The normalized spacial score (nSPS) is 12.2. The molecule has 0 amide bonds. The van der Waals surface area contributed by atoms with Crippen LogP contribution in [0, 0.1) is 0 Å². The summed E-state index contributed by atoms with van der Waals surface area (Å²) in [6.45, 7) is 7.52. The van der Waals surface area contributed by atoms with Gasteiger partial charge in [-0.25, -0.2) is 0 Å². The zero-order valence-corrected chi connectivity index (χ0v) is 18.2. The molecule has 3 aromatic carbocycles. The van der Waals surface area contributed by atoms with Gasteiger partial charge in [0.25, 0.3) is 8.32 Å². The van der Waals surface area contributed by atoms with Gasteiger partial charge in [-0.1, -0.05) is 109 Å². The maximum absolute atomic E-state index is 6.93. The van der Waals surface area contributed by atoms with Crippen molar-refractivity contribution < 1.29 is 4.43 Å². The second-order valence-corrected chi connectivity index (χ2v) is 12.8. The summed E-state index contributed by atoms with van der Waals surface area (Å²) in [6, 6.07) is 29.9. The smallest absolute Gasteiger partial charge is 0.261 e. The predicted molar refractivity (Wildman–Crippen MR) is 117 cm³/mol. The molecule has 3 aromatic rings. The Labute approximate surface area is 166 Å². The Bertz CT molecular complexity index is 801. The highest BCUT2D eigenvalue weighted by Gasteiger charge is 2.50. The van der Waals surface area contributed by atoms with Gasteiger partial charge in [0, 0.05) is 4.47 Å². The van der Waals surface area contributed by atoms with E-state index in [0.29, 0.717) is 6.61 Å². The lowest BCUT2D eigenvalue weighted by Crippen LogP contribution is -2.66. The van der Waals surface area contributed by atoms with Gasteiger partial charge >= 0.3 is 0 Å². The Morgan fingerprint density at radius 3 is 1.77 bits per heavy atom. The molecule has 0 aromatic heterocycles. The average Bonchev–Trinajstić information content (AvgIpc) is 2.63. The summed E-state index contributed by atoms with van der Waals surface area (Å²) >= 11 is 3.57.